The molecule has 1 unspecified atom stereocenters. The molecule has 0 fully saturated rings. The molecular weight excluding hydrogens is 264 g/mol. The normalized spacial score (nSPS) is 12.4. The molecule has 1 aromatic carbocycles. The summed E-state index contributed by atoms with van der Waals surface area (Å²) >= 11 is 0. The van der Waals surface area contributed by atoms with E-state index in [-0.39, 0.29) is 12.1 Å². The number of hydrogen-bond donors (Lipinski definition) is 2. The summed E-state index contributed by atoms with van der Waals surface area (Å²) in [5.41, 5.74) is 6.78. The molecule has 118 valence electrons. The summed E-state index contributed by atoms with van der Waals surface area (Å²) in [6.07, 6.45) is 4.50. The van der Waals surface area contributed by atoms with E-state index in [9.17, 15) is 4.79 Å². The molecule has 0 spiro atoms. The zero-order valence-electron chi connectivity index (χ0n) is 13.4. The van der Waals surface area contributed by atoms with Crippen LogP contribution in [0.2, 0.25) is 0 Å². The summed E-state index contributed by atoms with van der Waals surface area (Å²) in [7, 11) is 0. The molecule has 1 atom stereocenters. The molecule has 0 saturated carbocycles. The summed E-state index contributed by atoms with van der Waals surface area (Å²) in [4.78, 5) is 12.0. The van der Waals surface area contributed by atoms with Gasteiger partial charge in [-0.3, -0.25) is 0 Å². The van der Waals surface area contributed by atoms with Gasteiger partial charge >= 0.3 is 5.97 Å². The zero-order valence-corrected chi connectivity index (χ0v) is 13.4. The van der Waals surface area contributed by atoms with Crippen molar-refractivity contribution in [3.63, 3.8) is 0 Å². The molecule has 0 radical (unpaired) electrons. The summed E-state index contributed by atoms with van der Waals surface area (Å²) in [5, 5.41) is 3.49. The maximum Gasteiger partial charge on any atom is 0.338 e. The fraction of sp³-hybridized carbons (Fsp3) is 0.588. The van der Waals surface area contributed by atoms with Crippen LogP contribution >= 0.6 is 0 Å². The highest BCUT2D eigenvalue weighted by Gasteiger charge is 2.13. The molecule has 0 saturated heterocycles. The molecule has 4 nitrogen and oxygen atoms in total. The van der Waals surface area contributed by atoms with Crippen molar-refractivity contribution in [1.82, 2.24) is 5.32 Å². The van der Waals surface area contributed by atoms with Crippen LogP contribution in [0, 0.1) is 0 Å². The highest BCUT2D eigenvalue weighted by Crippen LogP contribution is 2.09. The van der Waals surface area contributed by atoms with E-state index in [4.69, 9.17) is 10.5 Å². The number of carbonyl (C=O) groups is 1. The van der Waals surface area contributed by atoms with Crippen molar-refractivity contribution < 1.29 is 9.53 Å². The number of benzene rings is 1. The first-order valence-corrected chi connectivity index (χ1v) is 7.86. The van der Waals surface area contributed by atoms with Gasteiger partial charge in [-0.2, -0.15) is 0 Å². The van der Waals surface area contributed by atoms with Crippen molar-refractivity contribution in [2.45, 2.75) is 58.6 Å². The van der Waals surface area contributed by atoms with Crippen LogP contribution < -0.4 is 11.1 Å². The van der Waals surface area contributed by atoms with E-state index in [1.165, 1.54) is 0 Å². The van der Waals surface area contributed by atoms with Crippen LogP contribution in [0.25, 0.3) is 0 Å². The summed E-state index contributed by atoms with van der Waals surface area (Å²) < 4.78 is 5.44. The Balaban J connectivity index is 2.40. The quantitative estimate of drug-likeness (QED) is 0.541. The summed E-state index contributed by atoms with van der Waals surface area (Å²) in [5.74, 6) is -0.299. The first-order valence-electron chi connectivity index (χ1n) is 7.86. The van der Waals surface area contributed by atoms with Gasteiger partial charge in [0.1, 0.15) is 6.10 Å². The second-order valence-corrected chi connectivity index (χ2v) is 5.52. The van der Waals surface area contributed by atoms with Crippen LogP contribution in [0.3, 0.4) is 0 Å². The van der Waals surface area contributed by atoms with E-state index in [1.807, 2.05) is 6.92 Å². The molecule has 3 N–H and O–H groups in total. The SMILES string of the molecule is CCCC(CCC)NCC(C)OC(=O)c1ccc(N)cc1. The molecule has 0 bridgehead atoms. The minimum atomic E-state index is -0.299. The fourth-order valence-electron chi connectivity index (χ4n) is 2.29. The van der Waals surface area contributed by atoms with Crippen LogP contribution in [0.4, 0.5) is 5.69 Å². The summed E-state index contributed by atoms with van der Waals surface area (Å²) in [6, 6.07) is 7.30. The van der Waals surface area contributed by atoms with Crippen molar-refractivity contribution in [3.05, 3.63) is 29.8 Å². The van der Waals surface area contributed by atoms with Gasteiger partial charge in [0.05, 0.1) is 5.56 Å². The van der Waals surface area contributed by atoms with E-state index < -0.39 is 0 Å². The molecule has 0 heterocycles. The third-order valence-corrected chi connectivity index (χ3v) is 3.42. The second-order valence-electron chi connectivity index (χ2n) is 5.52. The minimum absolute atomic E-state index is 0.147. The first-order chi connectivity index (χ1) is 10.1. The number of anilines is 1. The van der Waals surface area contributed by atoms with E-state index in [0.717, 1.165) is 25.7 Å². The van der Waals surface area contributed by atoms with Gasteiger partial charge in [-0.25, -0.2) is 4.79 Å². The summed E-state index contributed by atoms with van der Waals surface area (Å²) in [6.45, 7) is 6.98. The lowest BCUT2D eigenvalue weighted by Crippen LogP contribution is -2.36. The highest BCUT2D eigenvalue weighted by molar-refractivity contribution is 5.89. The van der Waals surface area contributed by atoms with Gasteiger partial charge in [0.25, 0.3) is 0 Å². The third kappa shape index (κ3) is 6.63. The van der Waals surface area contributed by atoms with Crippen molar-refractivity contribution in [2.75, 3.05) is 12.3 Å². The van der Waals surface area contributed by atoms with Gasteiger partial charge in [0, 0.05) is 18.3 Å². The number of nitrogen functional groups attached to an aromatic ring is 1. The molecule has 1 aromatic rings. The average molecular weight is 292 g/mol. The number of nitrogens with two attached hydrogens (primary N) is 1. The lowest BCUT2D eigenvalue weighted by atomic mass is 10.1. The van der Waals surface area contributed by atoms with E-state index in [1.54, 1.807) is 24.3 Å². The Labute approximate surface area is 128 Å². The average Bonchev–Trinajstić information content (AvgIpc) is 2.46. The number of hydrogen-bond acceptors (Lipinski definition) is 4. The van der Waals surface area contributed by atoms with Crippen molar-refractivity contribution in [1.29, 1.82) is 0 Å². The Morgan fingerprint density at radius 1 is 1.19 bits per heavy atom. The molecule has 0 aliphatic heterocycles. The van der Waals surface area contributed by atoms with Gasteiger partial charge in [0.15, 0.2) is 0 Å². The predicted molar refractivity (Wildman–Crippen MR) is 87.3 cm³/mol. The van der Waals surface area contributed by atoms with Crippen molar-refractivity contribution >= 4 is 11.7 Å². The largest absolute Gasteiger partial charge is 0.458 e. The van der Waals surface area contributed by atoms with Gasteiger partial charge in [-0.05, 0) is 44.0 Å². The molecule has 0 aliphatic rings. The molecule has 0 aromatic heterocycles. The highest BCUT2D eigenvalue weighted by atomic mass is 16.5. The fourth-order valence-corrected chi connectivity index (χ4v) is 2.29. The van der Waals surface area contributed by atoms with Gasteiger partial charge < -0.3 is 15.8 Å². The van der Waals surface area contributed by atoms with E-state index in [2.05, 4.69) is 19.2 Å². The molecule has 4 heteroatoms. The second kappa shape index (κ2) is 9.40. The van der Waals surface area contributed by atoms with Crippen molar-refractivity contribution in [2.24, 2.45) is 0 Å². The Hall–Kier alpha value is -1.55. The van der Waals surface area contributed by atoms with Crippen molar-refractivity contribution in [3.8, 4) is 0 Å². The van der Waals surface area contributed by atoms with Crippen LogP contribution in [0.5, 0.6) is 0 Å². The molecular formula is C17H28N2O2. The molecule has 0 aliphatic carbocycles. The lowest BCUT2D eigenvalue weighted by Gasteiger charge is -2.20. The first kappa shape index (κ1) is 17.5. The zero-order chi connectivity index (χ0) is 15.7. The van der Waals surface area contributed by atoms with Crippen LogP contribution in [0.15, 0.2) is 24.3 Å². The van der Waals surface area contributed by atoms with Gasteiger partial charge in [-0.15, -0.1) is 0 Å². The number of carbonyl (C=O) groups excluding carboxylic acids is 1. The van der Waals surface area contributed by atoms with Crippen LogP contribution in [-0.4, -0.2) is 24.7 Å². The van der Waals surface area contributed by atoms with Gasteiger partial charge in [-0.1, -0.05) is 26.7 Å². The monoisotopic (exact) mass is 292 g/mol. The molecule has 0 amide bonds. The predicted octanol–water partition coefficient (Wildman–Crippen LogP) is 3.37. The Bertz CT molecular complexity index is 411. The maximum absolute atomic E-state index is 12.0. The van der Waals surface area contributed by atoms with E-state index in [0.29, 0.717) is 23.8 Å². The maximum atomic E-state index is 12.0. The Kier molecular flexibility index (Phi) is 7.83. The number of nitrogens with one attached hydrogen (secondary N) is 1. The number of esters is 1. The topological polar surface area (TPSA) is 64.3 Å². The number of rotatable bonds is 9. The van der Waals surface area contributed by atoms with E-state index >= 15 is 0 Å². The standard InChI is InChI=1S/C17H28N2O2/c1-4-6-16(7-5-2)19-12-13(3)21-17(20)14-8-10-15(18)11-9-14/h8-11,13,16,19H,4-7,12,18H2,1-3H3. The molecule has 21 heavy (non-hydrogen) atoms. The van der Waals surface area contributed by atoms with Gasteiger partial charge in [0.2, 0.25) is 0 Å². The lowest BCUT2D eigenvalue weighted by molar-refractivity contribution is 0.0335. The smallest absolute Gasteiger partial charge is 0.338 e. The Morgan fingerprint density at radius 3 is 2.29 bits per heavy atom. The Morgan fingerprint density at radius 2 is 1.76 bits per heavy atom. The minimum Gasteiger partial charge on any atom is -0.458 e. The van der Waals surface area contributed by atoms with Crippen LogP contribution in [0.1, 0.15) is 56.8 Å². The number of ether oxygens (including phenoxy) is 1. The van der Waals surface area contributed by atoms with Crippen LogP contribution in [-0.2, 0) is 4.74 Å². The third-order valence-electron chi connectivity index (χ3n) is 3.42. The molecule has 1 rings (SSSR count).